The van der Waals surface area contributed by atoms with Crippen molar-refractivity contribution in [2.45, 2.75) is 32.2 Å². The van der Waals surface area contributed by atoms with E-state index in [1.54, 1.807) is 12.5 Å². The van der Waals surface area contributed by atoms with Crippen LogP contribution in [0.2, 0.25) is 0 Å². The van der Waals surface area contributed by atoms with Gasteiger partial charge in [-0.05, 0) is 19.3 Å². The zero-order valence-corrected chi connectivity index (χ0v) is 8.35. The van der Waals surface area contributed by atoms with E-state index in [2.05, 4.69) is 11.6 Å². The van der Waals surface area contributed by atoms with Crippen LogP contribution in [0, 0.1) is 0 Å². The lowest BCUT2D eigenvalue weighted by Crippen LogP contribution is -1.94. The van der Waals surface area contributed by atoms with Crippen LogP contribution in [0.5, 0.6) is 0 Å². The van der Waals surface area contributed by atoms with Gasteiger partial charge in [-0.15, -0.1) is 6.58 Å². The second kappa shape index (κ2) is 6.13. The lowest BCUT2D eigenvalue weighted by Gasteiger charge is -2.00. The van der Waals surface area contributed by atoms with Gasteiger partial charge in [0.05, 0.1) is 6.33 Å². The zero-order valence-electron chi connectivity index (χ0n) is 8.35. The molecule has 0 saturated heterocycles. The molecule has 76 valence electrons. The Labute approximate surface area is 84.5 Å². The van der Waals surface area contributed by atoms with Crippen LogP contribution in [0.15, 0.2) is 25.2 Å². The number of aldehydes is 1. The molecule has 0 spiro atoms. The fourth-order valence-electron chi connectivity index (χ4n) is 1.32. The normalized spacial score (nSPS) is 10.0. The molecule has 0 saturated carbocycles. The summed E-state index contributed by atoms with van der Waals surface area (Å²) >= 11 is 0. The summed E-state index contributed by atoms with van der Waals surface area (Å²) in [4.78, 5) is 14.3. The quantitative estimate of drug-likeness (QED) is 0.378. The van der Waals surface area contributed by atoms with Crippen LogP contribution in [0.3, 0.4) is 0 Å². The predicted molar refractivity (Wildman–Crippen MR) is 56.3 cm³/mol. The summed E-state index contributed by atoms with van der Waals surface area (Å²) < 4.78 is 1.96. The van der Waals surface area contributed by atoms with E-state index >= 15 is 0 Å². The van der Waals surface area contributed by atoms with E-state index in [-0.39, 0.29) is 0 Å². The van der Waals surface area contributed by atoms with Crippen LogP contribution in [-0.2, 0) is 6.54 Å². The summed E-state index contributed by atoms with van der Waals surface area (Å²) in [6, 6.07) is 0. The molecular weight excluding hydrogens is 176 g/mol. The number of nitrogens with zero attached hydrogens (tertiary/aromatic N) is 2. The van der Waals surface area contributed by atoms with Gasteiger partial charge >= 0.3 is 0 Å². The number of unbranched alkanes of at least 4 members (excludes halogenated alkanes) is 3. The molecule has 0 aliphatic rings. The van der Waals surface area contributed by atoms with E-state index in [0.29, 0.717) is 5.69 Å². The minimum Gasteiger partial charge on any atom is -0.337 e. The maximum Gasteiger partial charge on any atom is 0.169 e. The van der Waals surface area contributed by atoms with Crippen molar-refractivity contribution in [2.75, 3.05) is 0 Å². The van der Waals surface area contributed by atoms with E-state index in [1.807, 2.05) is 10.6 Å². The van der Waals surface area contributed by atoms with Crippen LogP contribution in [0.25, 0.3) is 0 Å². The third-order valence-corrected chi connectivity index (χ3v) is 2.10. The predicted octanol–water partition coefficient (Wildman–Crippen LogP) is 2.44. The monoisotopic (exact) mass is 192 g/mol. The first-order valence-corrected chi connectivity index (χ1v) is 4.94. The van der Waals surface area contributed by atoms with Crippen molar-refractivity contribution in [3.8, 4) is 0 Å². The van der Waals surface area contributed by atoms with Gasteiger partial charge in [0.25, 0.3) is 0 Å². The summed E-state index contributed by atoms with van der Waals surface area (Å²) in [5.41, 5.74) is 0.510. The number of rotatable bonds is 7. The highest BCUT2D eigenvalue weighted by atomic mass is 16.1. The molecule has 0 bridgehead atoms. The highest BCUT2D eigenvalue weighted by molar-refractivity contribution is 5.70. The van der Waals surface area contributed by atoms with Crippen molar-refractivity contribution < 1.29 is 4.79 Å². The van der Waals surface area contributed by atoms with Crippen LogP contribution in [-0.4, -0.2) is 15.8 Å². The third-order valence-electron chi connectivity index (χ3n) is 2.10. The van der Waals surface area contributed by atoms with E-state index in [4.69, 9.17) is 0 Å². The van der Waals surface area contributed by atoms with E-state index in [9.17, 15) is 4.79 Å². The molecule has 3 nitrogen and oxygen atoms in total. The summed E-state index contributed by atoms with van der Waals surface area (Å²) in [7, 11) is 0. The standard InChI is InChI=1S/C11H16N2O/c1-2-3-4-5-6-7-13-8-11(9-14)12-10-13/h2,8-10H,1,3-7H2. The summed E-state index contributed by atoms with van der Waals surface area (Å²) in [6.07, 6.45) is 10.8. The Morgan fingerprint density at radius 1 is 1.43 bits per heavy atom. The minimum absolute atomic E-state index is 0.510. The van der Waals surface area contributed by atoms with Gasteiger partial charge in [-0.3, -0.25) is 4.79 Å². The van der Waals surface area contributed by atoms with Crippen LogP contribution >= 0.6 is 0 Å². The first-order chi connectivity index (χ1) is 6.86. The van der Waals surface area contributed by atoms with E-state index in [1.165, 1.54) is 12.8 Å². The molecule has 3 heteroatoms. The van der Waals surface area contributed by atoms with Gasteiger partial charge in [-0.2, -0.15) is 0 Å². The smallest absolute Gasteiger partial charge is 0.169 e. The molecule has 1 heterocycles. The molecule has 0 N–H and O–H groups in total. The second-order valence-electron chi connectivity index (χ2n) is 3.29. The molecule has 1 rings (SSSR count). The Hall–Kier alpha value is -1.38. The SMILES string of the molecule is C=CCCCCCn1cnc(C=O)c1. The van der Waals surface area contributed by atoms with Gasteiger partial charge in [0.15, 0.2) is 6.29 Å². The van der Waals surface area contributed by atoms with Crippen LogP contribution in [0.1, 0.15) is 36.2 Å². The first kappa shape index (κ1) is 10.7. The maximum absolute atomic E-state index is 10.3. The average molecular weight is 192 g/mol. The first-order valence-electron chi connectivity index (χ1n) is 4.94. The molecule has 0 aliphatic carbocycles. The topological polar surface area (TPSA) is 34.9 Å². The number of hydrogen-bond donors (Lipinski definition) is 0. The maximum atomic E-state index is 10.3. The van der Waals surface area contributed by atoms with Crippen molar-refractivity contribution in [3.05, 3.63) is 30.9 Å². The van der Waals surface area contributed by atoms with E-state index in [0.717, 1.165) is 25.7 Å². The summed E-state index contributed by atoms with van der Waals surface area (Å²) in [5.74, 6) is 0. The van der Waals surface area contributed by atoms with Gasteiger partial charge in [-0.25, -0.2) is 4.98 Å². The number of hydrogen-bond acceptors (Lipinski definition) is 2. The average Bonchev–Trinajstić information content (AvgIpc) is 2.65. The van der Waals surface area contributed by atoms with Gasteiger partial charge in [0.2, 0.25) is 0 Å². The molecular formula is C11H16N2O. The Bertz CT molecular complexity index is 291. The fraction of sp³-hybridized carbons (Fsp3) is 0.455. The number of allylic oxidation sites excluding steroid dienone is 1. The van der Waals surface area contributed by atoms with Crippen LogP contribution in [0.4, 0.5) is 0 Å². The molecule has 0 atom stereocenters. The largest absolute Gasteiger partial charge is 0.337 e. The highest BCUT2D eigenvalue weighted by Gasteiger charge is 1.95. The lowest BCUT2D eigenvalue weighted by molar-refractivity contribution is 0.111. The number of carbonyl (C=O) groups excluding carboxylic acids is 1. The van der Waals surface area contributed by atoms with Gasteiger partial charge < -0.3 is 4.57 Å². The Morgan fingerprint density at radius 2 is 2.29 bits per heavy atom. The molecule has 0 aliphatic heterocycles. The molecule has 0 fully saturated rings. The van der Waals surface area contributed by atoms with Crippen molar-refractivity contribution >= 4 is 6.29 Å². The number of carbonyl (C=O) groups is 1. The van der Waals surface area contributed by atoms with Crippen molar-refractivity contribution in [3.63, 3.8) is 0 Å². The van der Waals surface area contributed by atoms with Gasteiger partial charge in [0.1, 0.15) is 5.69 Å². The summed E-state index contributed by atoms with van der Waals surface area (Å²) in [6.45, 7) is 4.62. The van der Waals surface area contributed by atoms with Gasteiger partial charge in [0, 0.05) is 12.7 Å². The molecule has 14 heavy (non-hydrogen) atoms. The van der Waals surface area contributed by atoms with E-state index < -0.39 is 0 Å². The number of aryl methyl sites for hydroxylation is 1. The number of aromatic nitrogens is 2. The molecule has 1 aromatic rings. The molecule has 1 aromatic heterocycles. The minimum atomic E-state index is 0.510. The Kier molecular flexibility index (Phi) is 4.69. The highest BCUT2D eigenvalue weighted by Crippen LogP contribution is 2.03. The number of imidazole rings is 1. The molecule has 0 radical (unpaired) electrons. The Balaban J connectivity index is 2.17. The second-order valence-corrected chi connectivity index (χ2v) is 3.29. The van der Waals surface area contributed by atoms with Crippen LogP contribution < -0.4 is 0 Å². The Morgan fingerprint density at radius 3 is 2.93 bits per heavy atom. The third kappa shape index (κ3) is 3.56. The van der Waals surface area contributed by atoms with Crippen molar-refractivity contribution in [1.82, 2.24) is 9.55 Å². The van der Waals surface area contributed by atoms with Crippen molar-refractivity contribution in [2.24, 2.45) is 0 Å². The molecule has 0 aromatic carbocycles. The summed E-state index contributed by atoms with van der Waals surface area (Å²) in [5, 5.41) is 0. The zero-order chi connectivity index (χ0) is 10.2. The van der Waals surface area contributed by atoms with Gasteiger partial charge in [-0.1, -0.05) is 12.5 Å². The van der Waals surface area contributed by atoms with Crippen molar-refractivity contribution in [1.29, 1.82) is 0 Å². The molecule has 0 unspecified atom stereocenters. The molecule has 0 amide bonds. The fourth-order valence-corrected chi connectivity index (χ4v) is 1.32. The lowest BCUT2D eigenvalue weighted by atomic mass is 10.2.